The van der Waals surface area contributed by atoms with Crippen LogP contribution in [0, 0.1) is 11.3 Å². The number of aromatic nitrogens is 1. The highest BCUT2D eigenvalue weighted by molar-refractivity contribution is 5.88. The molecule has 2 aromatic rings. The van der Waals surface area contributed by atoms with Crippen LogP contribution in [-0.4, -0.2) is 12.1 Å². The number of benzene rings is 1. The van der Waals surface area contributed by atoms with Crippen LogP contribution in [0.1, 0.15) is 42.9 Å². The van der Waals surface area contributed by atoms with Crippen molar-refractivity contribution in [3.63, 3.8) is 0 Å². The number of hydrogen-bond donors (Lipinski definition) is 1. The second-order valence-corrected chi connectivity index (χ2v) is 4.92. The number of methoxy groups -OCH3 is 1. The van der Waals surface area contributed by atoms with E-state index in [2.05, 4.69) is 11.1 Å². The molecule has 0 amide bonds. The molecule has 0 unspecified atom stereocenters. The summed E-state index contributed by atoms with van der Waals surface area (Å²) in [5.74, 6) is 1.33. The molecule has 0 atom stereocenters. The quantitative estimate of drug-likeness (QED) is 0.870. The summed E-state index contributed by atoms with van der Waals surface area (Å²) in [4.78, 5) is 3.43. The summed E-state index contributed by atoms with van der Waals surface area (Å²) in [5, 5.41) is 10.4. The van der Waals surface area contributed by atoms with Gasteiger partial charge in [-0.05, 0) is 31.0 Å². The third-order valence-corrected chi connectivity index (χ3v) is 3.91. The maximum absolute atomic E-state index is 9.42. The Labute approximate surface area is 106 Å². The van der Waals surface area contributed by atoms with Gasteiger partial charge in [0.1, 0.15) is 11.8 Å². The van der Waals surface area contributed by atoms with E-state index in [1.54, 1.807) is 7.11 Å². The fourth-order valence-corrected chi connectivity index (χ4v) is 2.96. The van der Waals surface area contributed by atoms with Crippen LogP contribution in [-0.2, 0) is 0 Å². The first-order valence-corrected chi connectivity index (χ1v) is 6.43. The summed E-state index contributed by atoms with van der Waals surface area (Å²) >= 11 is 0. The van der Waals surface area contributed by atoms with E-state index in [4.69, 9.17) is 4.74 Å². The lowest BCUT2D eigenvalue weighted by Crippen LogP contribution is -1.94. The minimum Gasteiger partial charge on any atom is -0.497 e. The monoisotopic (exact) mass is 240 g/mol. The molecule has 0 bridgehead atoms. The van der Waals surface area contributed by atoms with Crippen molar-refractivity contribution in [2.24, 2.45) is 0 Å². The molecule has 0 radical (unpaired) electrons. The molecule has 0 saturated heterocycles. The Kier molecular flexibility index (Phi) is 2.71. The van der Waals surface area contributed by atoms with Gasteiger partial charge in [0.05, 0.1) is 12.7 Å². The lowest BCUT2D eigenvalue weighted by Gasteiger charge is -2.06. The van der Waals surface area contributed by atoms with Crippen LogP contribution in [0.4, 0.5) is 0 Å². The van der Waals surface area contributed by atoms with Gasteiger partial charge in [0.15, 0.2) is 0 Å². The maximum Gasteiger partial charge on any atom is 0.119 e. The van der Waals surface area contributed by atoms with Crippen LogP contribution >= 0.6 is 0 Å². The smallest absolute Gasteiger partial charge is 0.119 e. The third kappa shape index (κ3) is 1.65. The third-order valence-electron chi connectivity index (χ3n) is 3.91. The second kappa shape index (κ2) is 4.38. The first-order chi connectivity index (χ1) is 8.83. The summed E-state index contributed by atoms with van der Waals surface area (Å²) < 4.78 is 5.23. The summed E-state index contributed by atoms with van der Waals surface area (Å²) in [6.45, 7) is 0. The highest BCUT2D eigenvalue weighted by atomic mass is 16.5. The highest BCUT2D eigenvalue weighted by Crippen LogP contribution is 2.38. The molecule has 1 heterocycles. The molecule has 1 aliphatic carbocycles. The van der Waals surface area contributed by atoms with Gasteiger partial charge in [-0.25, -0.2) is 0 Å². The first-order valence-electron chi connectivity index (χ1n) is 6.43. The Morgan fingerprint density at radius 2 is 2.11 bits per heavy atom. The van der Waals surface area contributed by atoms with Crippen LogP contribution < -0.4 is 4.74 Å². The van der Waals surface area contributed by atoms with Gasteiger partial charge in [-0.15, -0.1) is 0 Å². The van der Waals surface area contributed by atoms with Crippen LogP contribution in [0.15, 0.2) is 18.2 Å². The SMILES string of the molecule is COc1ccc2[nH]c(C3CCCC3)c(C#N)c2c1. The Morgan fingerprint density at radius 1 is 1.33 bits per heavy atom. The fourth-order valence-electron chi connectivity index (χ4n) is 2.96. The Morgan fingerprint density at radius 3 is 2.78 bits per heavy atom. The first kappa shape index (κ1) is 11.2. The van der Waals surface area contributed by atoms with Crippen molar-refractivity contribution >= 4 is 10.9 Å². The van der Waals surface area contributed by atoms with Crippen molar-refractivity contribution in [1.29, 1.82) is 5.26 Å². The molecule has 0 aliphatic heterocycles. The number of nitrogens with zero attached hydrogens (tertiary/aromatic N) is 1. The molecule has 18 heavy (non-hydrogen) atoms. The number of nitriles is 1. The molecule has 3 nitrogen and oxygen atoms in total. The molecule has 1 fully saturated rings. The van der Waals surface area contributed by atoms with E-state index in [9.17, 15) is 5.26 Å². The molecule has 3 rings (SSSR count). The van der Waals surface area contributed by atoms with Crippen molar-refractivity contribution in [2.45, 2.75) is 31.6 Å². The molecule has 3 heteroatoms. The molecule has 1 N–H and O–H groups in total. The summed E-state index contributed by atoms with van der Waals surface area (Å²) in [6.07, 6.45) is 4.93. The standard InChI is InChI=1S/C15H16N2O/c1-18-11-6-7-14-12(8-11)13(9-16)15(17-14)10-4-2-3-5-10/h6-8,10,17H,2-5H2,1H3. The Hall–Kier alpha value is -1.95. The number of aromatic amines is 1. The largest absolute Gasteiger partial charge is 0.497 e. The highest BCUT2D eigenvalue weighted by Gasteiger charge is 2.23. The predicted octanol–water partition coefficient (Wildman–Crippen LogP) is 3.71. The lowest BCUT2D eigenvalue weighted by molar-refractivity contribution is 0.415. The van der Waals surface area contributed by atoms with E-state index >= 15 is 0 Å². The number of fused-ring (bicyclic) bond motifs is 1. The molecular formula is C15H16N2O. The van der Waals surface area contributed by atoms with Crippen LogP contribution in [0.25, 0.3) is 10.9 Å². The minimum atomic E-state index is 0.526. The van der Waals surface area contributed by atoms with Gasteiger partial charge >= 0.3 is 0 Å². The molecule has 1 saturated carbocycles. The molecule has 1 aliphatic rings. The van der Waals surface area contributed by atoms with Gasteiger partial charge in [0, 0.05) is 22.5 Å². The second-order valence-electron chi connectivity index (χ2n) is 4.92. The van der Waals surface area contributed by atoms with E-state index in [0.29, 0.717) is 5.92 Å². The zero-order valence-electron chi connectivity index (χ0n) is 10.5. The van der Waals surface area contributed by atoms with Crippen molar-refractivity contribution in [3.8, 4) is 11.8 Å². The van der Waals surface area contributed by atoms with Gasteiger partial charge in [-0.2, -0.15) is 5.26 Å². The minimum absolute atomic E-state index is 0.526. The van der Waals surface area contributed by atoms with Crippen LogP contribution in [0.3, 0.4) is 0 Å². The zero-order valence-corrected chi connectivity index (χ0v) is 10.5. The molecule has 1 aromatic heterocycles. The van der Waals surface area contributed by atoms with Gasteiger partial charge in [-0.3, -0.25) is 0 Å². The number of nitrogens with one attached hydrogen (secondary N) is 1. The van der Waals surface area contributed by atoms with E-state index in [0.717, 1.165) is 27.9 Å². The van der Waals surface area contributed by atoms with Crippen molar-refractivity contribution in [1.82, 2.24) is 4.98 Å². The van der Waals surface area contributed by atoms with Crippen molar-refractivity contribution < 1.29 is 4.74 Å². The summed E-state index contributed by atoms with van der Waals surface area (Å²) in [5.41, 5.74) is 2.96. The van der Waals surface area contributed by atoms with E-state index in [1.807, 2.05) is 18.2 Å². The number of rotatable bonds is 2. The topological polar surface area (TPSA) is 48.8 Å². The normalized spacial score (nSPS) is 16.0. The molecular weight excluding hydrogens is 224 g/mol. The van der Waals surface area contributed by atoms with E-state index < -0.39 is 0 Å². The van der Waals surface area contributed by atoms with Crippen molar-refractivity contribution in [3.05, 3.63) is 29.5 Å². The number of H-pyrrole nitrogens is 1. The number of ether oxygens (including phenoxy) is 1. The predicted molar refractivity (Wildman–Crippen MR) is 70.8 cm³/mol. The Bertz CT molecular complexity index is 615. The summed E-state index contributed by atoms with van der Waals surface area (Å²) in [6, 6.07) is 8.23. The Balaban J connectivity index is 2.17. The van der Waals surface area contributed by atoms with Crippen LogP contribution in [0.2, 0.25) is 0 Å². The number of hydrogen-bond acceptors (Lipinski definition) is 2. The van der Waals surface area contributed by atoms with E-state index in [1.165, 1.54) is 25.7 Å². The van der Waals surface area contributed by atoms with Gasteiger partial charge in [0.2, 0.25) is 0 Å². The lowest BCUT2D eigenvalue weighted by atomic mass is 9.99. The summed E-state index contributed by atoms with van der Waals surface area (Å²) in [7, 11) is 1.65. The van der Waals surface area contributed by atoms with E-state index in [-0.39, 0.29) is 0 Å². The molecule has 0 spiro atoms. The van der Waals surface area contributed by atoms with Crippen molar-refractivity contribution in [2.75, 3.05) is 7.11 Å². The zero-order chi connectivity index (χ0) is 12.5. The molecule has 1 aromatic carbocycles. The van der Waals surface area contributed by atoms with Crippen LogP contribution in [0.5, 0.6) is 5.75 Å². The van der Waals surface area contributed by atoms with Gasteiger partial charge in [0.25, 0.3) is 0 Å². The average molecular weight is 240 g/mol. The fraction of sp³-hybridized carbons (Fsp3) is 0.400. The van der Waals surface area contributed by atoms with Gasteiger partial charge in [-0.1, -0.05) is 12.8 Å². The van der Waals surface area contributed by atoms with Gasteiger partial charge < -0.3 is 9.72 Å². The maximum atomic E-state index is 9.42. The average Bonchev–Trinajstić information content (AvgIpc) is 3.04. The molecule has 92 valence electrons.